The number of aryl methyl sites for hydroxylation is 2. The predicted molar refractivity (Wildman–Crippen MR) is 200 cm³/mol. The lowest BCUT2D eigenvalue weighted by Gasteiger charge is -2.11. The standard InChI is InChI=1S/C32H24N6O13S5/c39-31-23(15-27(55(46,47)48)21-3-1-11-33-29(21)31)37-35-19-9-7-17(25(13-19)53(40,41)42)5-6-18-8-10-20(14-26(18)54(43,44)45)36-38-24-16-28(56(49,50)51)22-4-2-12-34-30(22)32(24)52/h1-4,7-16,39,52H,5-6H2,(H,40,41,42)(H,43,44,45)(H,46,47,48)(H,49,50,51). The SMILES string of the molecule is O=S(=O)(O)c1cc(N=Nc2cc(S(=O)(=O)O)c3cccnc3c2O)ccc1CCc1ccc(N=Nc2cc(S(=O)(=O)O)c3cccnc3c2S)cc1S(=O)(=O)O. The van der Waals surface area contributed by atoms with E-state index in [9.17, 15) is 57.0 Å². The van der Waals surface area contributed by atoms with E-state index < -0.39 is 71.5 Å². The summed E-state index contributed by atoms with van der Waals surface area (Å²) in [6.45, 7) is 0. The third kappa shape index (κ3) is 8.57. The van der Waals surface area contributed by atoms with Crippen LogP contribution in [-0.2, 0) is 53.3 Å². The summed E-state index contributed by atoms with van der Waals surface area (Å²) in [5.41, 5.74) is -1.12. The van der Waals surface area contributed by atoms with Gasteiger partial charge in [-0.3, -0.25) is 28.2 Å². The van der Waals surface area contributed by atoms with Crippen molar-refractivity contribution < 1.29 is 57.0 Å². The molecule has 2 aromatic heterocycles. The zero-order valence-electron chi connectivity index (χ0n) is 27.8. The molecule has 19 nitrogen and oxygen atoms in total. The number of aromatic nitrogens is 2. The molecule has 2 heterocycles. The van der Waals surface area contributed by atoms with Crippen LogP contribution in [0.4, 0.5) is 22.7 Å². The Bertz CT molecular complexity index is 2910. The molecule has 4 aromatic carbocycles. The quantitative estimate of drug-likeness (QED) is 0.0468. The summed E-state index contributed by atoms with van der Waals surface area (Å²) in [7, 11) is -19.4. The van der Waals surface area contributed by atoms with Gasteiger partial charge in [-0.15, -0.1) is 22.9 Å². The van der Waals surface area contributed by atoms with E-state index in [4.69, 9.17) is 0 Å². The van der Waals surface area contributed by atoms with E-state index in [-0.39, 0.29) is 67.7 Å². The van der Waals surface area contributed by atoms with Crippen molar-refractivity contribution in [2.75, 3.05) is 0 Å². The maximum Gasteiger partial charge on any atom is 0.295 e. The van der Waals surface area contributed by atoms with Gasteiger partial charge in [0, 0.05) is 23.2 Å². The van der Waals surface area contributed by atoms with Crippen LogP contribution >= 0.6 is 12.6 Å². The van der Waals surface area contributed by atoms with E-state index in [2.05, 4.69) is 43.1 Å². The van der Waals surface area contributed by atoms with Gasteiger partial charge in [-0.25, -0.2) is 0 Å². The number of azo groups is 2. The van der Waals surface area contributed by atoms with Gasteiger partial charge in [0.25, 0.3) is 40.5 Å². The molecular weight excluding hydrogens is 837 g/mol. The molecule has 0 spiro atoms. The zero-order chi connectivity index (χ0) is 40.8. The summed E-state index contributed by atoms with van der Waals surface area (Å²) in [6.07, 6.45) is 2.16. The van der Waals surface area contributed by atoms with Crippen molar-refractivity contribution in [1.82, 2.24) is 9.97 Å². The molecule has 0 saturated carbocycles. The number of thiol groups is 1. The third-order valence-corrected chi connectivity index (χ3v) is 12.1. The van der Waals surface area contributed by atoms with Crippen LogP contribution in [-0.4, -0.2) is 67.0 Å². The first-order valence-corrected chi connectivity index (χ1v) is 21.5. The number of hydrogen-bond donors (Lipinski definition) is 6. The largest absolute Gasteiger partial charge is 0.504 e. The average Bonchev–Trinajstić information content (AvgIpc) is 3.12. The second kappa shape index (κ2) is 15.0. The minimum Gasteiger partial charge on any atom is -0.504 e. The van der Waals surface area contributed by atoms with Crippen LogP contribution in [0.5, 0.6) is 5.75 Å². The fourth-order valence-corrected chi connectivity index (χ4v) is 8.78. The van der Waals surface area contributed by atoms with E-state index >= 15 is 0 Å². The molecule has 0 unspecified atom stereocenters. The molecule has 0 saturated heterocycles. The molecule has 0 aliphatic heterocycles. The third-order valence-electron chi connectivity index (χ3n) is 8.04. The van der Waals surface area contributed by atoms with Crippen molar-refractivity contribution in [3.63, 3.8) is 0 Å². The highest BCUT2D eigenvalue weighted by molar-refractivity contribution is 7.86. The molecular formula is C32H24N6O13S5. The number of benzene rings is 4. The number of hydrogen-bond acceptors (Lipinski definition) is 16. The lowest BCUT2D eigenvalue weighted by atomic mass is 10.0. The minimum atomic E-state index is -4.95. The van der Waals surface area contributed by atoms with Gasteiger partial charge in [-0.1, -0.05) is 12.1 Å². The van der Waals surface area contributed by atoms with Crippen LogP contribution in [0.1, 0.15) is 11.1 Å². The Morgan fingerprint density at radius 2 is 0.929 bits per heavy atom. The molecule has 56 heavy (non-hydrogen) atoms. The van der Waals surface area contributed by atoms with Crippen molar-refractivity contribution >= 4 is 97.7 Å². The molecule has 5 N–H and O–H groups in total. The fourth-order valence-electron chi connectivity index (χ4n) is 5.54. The van der Waals surface area contributed by atoms with Crippen molar-refractivity contribution in [2.24, 2.45) is 20.5 Å². The average molecular weight is 861 g/mol. The highest BCUT2D eigenvalue weighted by atomic mass is 32.2. The molecule has 6 rings (SSSR count). The van der Waals surface area contributed by atoms with E-state index in [0.29, 0.717) is 0 Å². The van der Waals surface area contributed by atoms with Crippen LogP contribution in [0.15, 0.2) is 130 Å². The van der Waals surface area contributed by atoms with E-state index in [0.717, 1.165) is 24.3 Å². The normalized spacial score (nSPS) is 13.0. The smallest absolute Gasteiger partial charge is 0.295 e. The molecule has 0 aliphatic rings. The fraction of sp³-hybridized carbons (Fsp3) is 0.0625. The Hall–Kier alpha value is -5.31. The highest BCUT2D eigenvalue weighted by Gasteiger charge is 2.23. The number of aromatic hydroxyl groups is 1. The molecule has 0 atom stereocenters. The van der Waals surface area contributed by atoms with Crippen LogP contribution in [0.2, 0.25) is 0 Å². The first-order chi connectivity index (χ1) is 26.1. The van der Waals surface area contributed by atoms with Gasteiger partial charge in [-0.2, -0.15) is 43.9 Å². The van der Waals surface area contributed by atoms with Crippen molar-refractivity contribution in [2.45, 2.75) is 37.3 Å². The summed E-state index contributed by atoms with van der Waals surface area (Å²) in [4.78, 5) is 5.62. The van der Waals surface area contributed by atoms with Gasteiger partial charge in [0.15, 0.2) is 5.75 Å². The Kier molecular flexibility index (Phi) is 10.8. The van der Waals surface area contributed by atoms with Crippen molar-refractivity contribution in [1.29, 1.82) is 0 Å². The van der Waals surface area contributed by atoms with Gasteiger partial charge in [0.05, 0.1) is 31.6 Å². The Morgan fingerprint density at radius 1 is 0.518 bits per heavy atom. The van der Waals surface area contributed by atoms with Crippen molar-refractivity contribution in [3.8, 4) is 5.75 Å². The first kappa shape index (κ1) is 40.4. The minimum absolute atomic E-state index is 0.00928. The van der Waals surface area contributed by atoms with Gasteiger partial charge >= 0.3 is 0 Å². The van der Waals surface area contributed by atoms with Crippen LogP contribution in [0.25, 0.3) is 21.8 Å². The second-order valence-corrected chi connectivity index (χ2v) is 17.7. The summed E-state index contributed by atoms with van der Waals surface area (Å²) >= 11 is 4.35. The molecule has 0 fully saturated rings. The molecule has 0 amide bonds. The Labute approximate surface area is 322 Å². The summed E-state index contributed by atoms with van der Waals surface area (Å²) in [5.74, 6) is -0.603. The van der Waals surface area contributed by atoms with Crippen LogP contribution < -0.4 is 0 Å². The number of rotatable bonds is 11. The number of fused-ring (bicyclic) bond motifs is 2. The lowest BCUT2D eigenvalue weighted by Crippen LogP contribution is -2.07. The molecule has 290 valence electrons. The van der Waals surface area contributed by atoms with Gasteiger partial charge in [0.2, 0.25) is 0 Å². The van der Waals surface area contributed by atoms with Gasteiger partial charge in [0.1, 0.15) is 26.7 Å². The van der Waals surface area contributed by atoms with Crippen LogP contribution in [0, 0.1) is 0 Å². The molecule has 24 heteroatoms. The maximum atomic E-state index is 12.4. The topological polar surface area (TPSA) is 313 Å². The number of phenols is 1. The lowest BCUT2D eigenvalue weighted by molar-refractivity contribution is 0.477. The Morgan fingerprint density at radius 3 is 1.39 bits per heavy atom. The van der Waals surface area contributed by atoms with Gasteiger partial charge in [-0.05, 0) is 84.6 Å². The summed E-state index contributed by atoms with van der Waals surface area (Å²) < 4.78 is 137. The zero-order valence-corrected chi connectivity index (χ0v) is 31.9. The predicted octanol–water partition coefficient (Wildman–Crippen LogP) is 6.38. The second-order valence-electron chi connectivity index (χ2n) is 11.7. The first-order valence-electron chi connectivity index (χ1n) is 15.3. The molecule has 0 bridgehead atoms. The van der Waals surface area contributed by atoms with Crippen LogP contribution in [0.3, 0.4) is 0 Å². The number of phenolic OH excluding ortho intramolecular Hbond substituents is 1. The number of pyridine rings is 2. The monoisotopic (exact) mass is 860 g/mol. The highest BCUT2D eigenvalue weighted by Crippen LogP contribution is 2.39. The van der Waals surface area contributed by atoms with Crippen molar-refractivity contribution in [3.05, 3.63) is 96.3 Å². The molecule has 6 aromatic rings. The summed E-state index contributed by atoms with van der Waals surface area (Å²) in [5, 5.41) is 26.1. The Balaban J connectivity index is 1.30. The van der Waals surface area contributed by atoms with E-state index in [1.165, 1.54) is 60.9 Å². The summed E-state index contributed by atoms with van der Waals surface area (Å²) in [6, 6.07) is 14.2. The van der Waals surface area contributed by atoms with Gasteiger partial charge < -0.3 is 5.11 Å². The van der Waals surface area contributed by atoms with E-state index in [1.807, 2.05) is 0 Å². The molecule has 0 radical (unpaired) electrons. The van der Waals surface area contributed by atoms with E-state index in [1.54, 1.807) is 0 Å². The molecule has 0 aliphatic carbocycles. The number of nitrogens with zero attached hydrogens (tertiary/aromatic N) is 6. The maximum absolute atomic E-state index is 12.4.